The van der Waals surface area contributed by atoms with Crippen LogP contribution in [0.25, 0.3) is 0 Å². The van der Waals surface area contributed by atoms with Gasteiger partial charge in [-0.05, 0) is 73.3 Å². The predicted octanol–water partition coefficient (Wildman–Crippen LogP) is 3.87. The number of rotatable bonds is 1. The van der Waals surface area contributed by atoms with Crippen molar-refractivity contribution in [2.75, 3.05) is 0 Å². The highest BCUT2D eigenvalue weighted by Gasteiger charge is 2.38. The molecule has 0 unspecified atom stereocenters. The van der Waals surface area contributed by atoms with Gasteiger partial charge in [0.15, 0.2) is 0 Å². The van der Waals surface area contributed by atoms with Gasteiger partial charge in [0.2, 0.25) is 11.3 Å². The lowest BCUT2D eigenvalue weighted by molar-refractivity contribution is 0.598. The second-order valence-corrected chi connectivity index (χ2v) is 13.6. The van der Waals surface area contributed by atoms with Gasteiger partial charge in [-0.15, -0.1) is 0 Å². The molecular formula is C9H9Br3O2S. The highest BCUT2D eigenvalue weighted by Crippen LogP contribution is 2.43. The summed E-state index contributed by atoms with van der Waals surface area (Å²) in [5.74, 6) is 0. The summed E-state index contributed by atoms with van der Waals surface area (Å²) in [5.41, 5.74) is 1.77. The number of benzene rings is 1. The Kier molecular flexibility index (Phi) is 4.07. The average molecular weight is 421 g/mol. The molecule has 0 heterocycles. The van der Waals surface area contributed by atoms with E-state index in [1.807, 2.05) is 13.0 Å². The van der Waals surface area contributed by atoms with Crippen molar-refractivity contribution < 1.29 is 8.42 Å². The third-order valence-corrected chi connectivity index (χ3v) is 7.41. The molecule has 1 aromatic rings. The van der Waals surface area contributed by atoms with Crippen molar-refractivity contribution >= 4 is 57.6 Å². The fraction of sp³-hybridized carbons (Fsp3) is 0.333. The molecule has 0 aliphatic rings. The van der Waals surface area contributed by atoms with Gasteiger partial charge in [0.05, 0.1) is 4.90 Å². The van der Waals surface area contributed by atoms with Crippen LogP contribution >= 0.6 is 47.8 Å². The van der Waals surface area contributed by atoms with Crippen LogP contribution in [0, 0.1) is 13.8 Å². The quantitative estimate of drug-likeness (QED) is 0.646. The fourth-order valence-electron chi connectivity index (χ4n) is 1.23. The molecule has 0 N–H and O–H groups in total. The van der Waals surface area contributed by atoms with E-state index in [1.165, 1.54) is 0 Å². The smallest absolute Gasteiger partial charge is 0.220 e. The lowest BCUT2D eigenvalue weighted by atomic mass is 10.2. The Morgan fingerprint density at radius 3 is 2.07 bits per heavy atom. The maximum atomic E-state index is 12.0. The first-order valence-corrected chi connectivity index (χ1v) is 7.91. The van der Waals surface area contributed by atoms with Crippen LogP contribution in [0.3, 0.4) is 0 Å². The Morgan fingerprint density at radius 1 is 1.13 bits per heavy atom. The van der Waals surface area contributed by atoms with E-state index in [2.05, 4.69) is 47.8 Å². The van der Waals surface area contributed by atoms with Gasteiger partial charge in [-0.25, -0.2) is 8.42 Å². The third kappa shape index (κ3) is 2.84. The normalized spacial score (nSPS) is 12.9. The molecular weight excluding hydrogens is 412 g/mol. The first kappa shape index (κ1) is 13.7. The largest absolute Gasteiger partial charge is 0.239 e. The second kappa shape index (κ2) is 4.47. The lowest BCUT2D eigenvalue weighted by Gasteiger charge is -2.15. The molecule has 0 fully saturated rings. The van der Waals surface area contributed by atoms with Crippen LogP contribution in [-0.4, -0.2) is 9.89 Å². The number of hydrogen-bond donors (Lipinski definition) is 0. The number of halogens is 3. The zero-order valence-electron chi connectivity index (χ0n) is 8.09. The van der Waals surface area contributed by atoms with E-state index in [1.54, 1.807) is 19.1 Å². The summed E-state index contributed by atoms with van der Waals surface area (Å²) in [5, 5.41) is 0. The van der Waals surface area contributed by atoms with E-state index < -0.39 is 11.3 Å². The van der Waals surface area contributed by atoms with Gasteiger partial charge in [-0.1, -0.05) is 17.7 Å². The molecule has 15 heavy (non-hydrogen) atoms. The number of hydrogen-bond acceptors (Lipinski definition) is 2. The van der Waals surface area contributed by atoms with Gasteiger partial charge in [-0.3, -0.25) is 0 Å². The summed E-state index contributed by atoms with van der Waals surface area (Å²) in [6, 6.07) is 5.22. The van der Waals surface area contributed by atoms with Crippen LogP contribution in [-0.2, 0) is 9.84 Å². The van der Waals surface area contributed by atoms with Crippen molar-refractivity contribution in [2.45, 2.75) is 20.2 Å². The topological polar surface area (TPSA) is 34.1 Å². The van der Waals surface area contributed by atoms with E-state index in [0.29, 0.717) is 4.90 Å². The van der Waals surface area contributed by atoms with Gasteiger partial charge in [0.25, 0.3) is 0 Å². The first-order valence-electron chi connectivity index (χ1n) is 4.05. The Balaban J connectivity index is 3.42. The van der Waals surface area contributed by atoms with Gasteiger partial charge in [-0.2, -0.15) is 0 Å². The zero-order chi connectivity index (χ0) is 11.9. The van der Waals surface area contributed by atoms with E-state index in [4.69, 9.17) is 0 Å². The molecule has 0 saturated carbocycles. The van der Waals surface area contributed by atoms with E-state index in [9.17, 15) is 8.42 Å². The molecule has 0 aliphatic carbocycles. The Bertz CT molecular complexity index is 475. The van der Waals surface area contributed by atoms with E-state index in [0.717, 1.165) is 11.1 Å². The minimum atomic E-state index is -3.47. The first-order chi connectivity index (χ1) is 6.66. The highest BCUT2D eigenvalue weighted by molar-refractivity contribution is 9.42. The average Bonchev–Trinajstić information content (AvgIpc) is 2.00. The molecule has 1 aromatic carbocycles. The van der Waals surface area contributed by atoms with Gasteiger partial charge >= 0.3 is 0 Å². The summed E-state index contributed by atoms with van der Waals surface area (Å²) < 4.78 is 22.8. The summed E-state index contributed by atoms with van der Waals surface area (Å²) in [6.07, 6.45) is 0. The Hall–Kier alpha value is 0.610. The van der Waals surface area contributed by atoms with Crippen LogP contribution < -0.4 is 0 Å². The monoisotopic (exact) mass is 418 g/mol. The zero-order valence-corrected chi connectivity index (χ0v) is 13.7. The molecule has 0 spiro atoms. The molecule has 0 aliphatic heterocycles. The van der Waals surface area contributed by atoms with Crippen LogP contribution in [0.5, 0.6) is 0 Å². The van der Waals surface area contributed by atoms with Crippen LogP contribution in [0.1, 0.15) is 11.1 Å². The molecule has 0 atom stereocenters. The van der Waals surface area contributed by atoms with Crippen molar-refractivity contribution in [3.05, 3.63) is 29.3 Å². The van der Waals surface area contributed by atoms with Crippen molar-refractivity contribution in [3.8, 4) is 0 Å². The van der Waals surface area contributed by atoms with E-state index in [-0.39, 0.29) is 0 Å². The molecule has 84 valence electrons. The third-order valence-electron chi connectivity index (χ3n) is 1.92. The summed E-state index contributed by atoms with van der Waals surface area (Å²) in [6.45, 7) is 3.70. The Morgan fingerprint density at radius 2 is 1.67 bits per heavy atom. The standard InChI is InChI=1S/C9H9Br3O2S/c1-6-3-4-8(7(2)5-6)15(13,14)9(10,11)12/h3-5H,1-2H3. The maximum Gasteiger partial charge on any atom is 0.239 e. The number of sulfone groups is 1. The number of aryl methyl sites for hydroxylation is 2. The van der Waals surface area contributed by atoms with E-state index >= 15 is 0 Å². The highest BCUT2D eigenvalue weighted by atomic mass is 80.0. The van der Waals surface area contributed by atoms with Crippen LogP contribution in [0.2, 0.25) is 0 Å². The second-order valence-electron chi connectivity index (χ2n) is 3.22. The minimum absolute atomic E-state index is 0.304. The van der Waals surface area contributed by atoms with Crippen molar-refractivity contribution in [1.82, 2.24) is 0 Å². The fourth-order valence-corrected chi connectivity index (χ4v) is 3.77. The van der Waals surface area contributed by atoms with Crippen molar-refractivity contribution in [3.63, 3.8) is 0 Å². The predicted molar refractivity (Wildman–Crippen MR) is 72.6 cm³/mol. The minimum Gasteiger partial charge on any atom is -0.220 e. The Labute approximate surface area is 115 Å². The van der Waals surface area contributed by atoms with Crippen molar-refractivity contribution in [1.29, 1.82) is 0 Å². The molecule has 2 nitrogen and oxygen atoms in total. The van der Waals surface area contributed by atoms with Crippen molar-refractivity contribution in [2.24, 2.45) is 0 Å². The summed E-state index contributed by atoms with van der Waals surface area (Å²) >= 11 is 9.10. The number of alkyl halides is 3. The van der Waals surface area contributed by atoms with Gasteiger partial charge in [0.1, 0.15) is 0 Å². The summed E-state index contributed by atoms with van der Waals surface area (Å²) in [7, 11) is -3.47. The van der Waals surface area contributed by atoms with Gasteiger partial charge in [0, 0.05) is 0 Å². The lowest BCUT2D eigenvalue weighted by Crippen LogP contribution is -2.18. The molecule has 0 amide bonds. The maximum absolute atomic E-state index is 12.0. The van der Waals surface area contributed by atoms with Crippen LogP contribution in [0.15, 0.2) is 23.1 Å². The van der Waals surface area contributed by atoms with Crippen LogP contribution in [0.4, 0.5) is 0 Å². The van der Waals surface area contributed by atoms with Gasteiger partial charge < -0.3 is 0 Å². The summed E-state index contributed by atoms with van der Waals surface area (Å²) in [4.78, 5) is 0.304. The molecule has 0 aromatic heterocycles. The molecule has 0 radical (unpaired) electrons. The molecule has 1 rings (SSSR count). The molecule has 6 heteroatoms. The SMILES string of the molecule is Cc1ccc(S(=O)(=O)C(Br)(Br)Br)c(C)c1. The molecule has 0 saturated heterocycles. The molecule has 0 bridgehead atoms.